The van der Waals surface area contributed by atoms with Crippen LogP contribution >= 0.6 is 0 Å². The largest absolute Gasteiger partial charge is 0.396 e. The zero-order valence-electron chi connectivity index (χ0n) is 7.41. The number of amides is 1. The second kappa shape index (κ2) is 5.71. The first-order valence-corrected chi connectivity index (χ1v) is 4.01. The third-order valence-corrected chi connectivity index (χ3v) is 1.73. The summed E-state index contributed by atoms with van der Waals surface area (Å²) in [5.74, 6) is -1.30. The minimum atomic E-state index is -0.609. The highest BCUT2D eigenvalue weighted by atomic mass is 16.3. The first-order valence-electron chi connectivity index (χ1n) is 4.01. The molecule has 1 amide bonds. The predicted octanol–water partition coefficient (Wildman–Crippen LogP) is -0.434. The lowest BCUT2D eigenvalue weighted by molar-refractivity contribution is -0.130. The summed E-state index contributed by atoms with van der Waals surface area (Å²) < 4.78 is 0. The second-order valence-electron chi connectivity index (χ2n) is 2.68. The van der Waals surface area contributed by atoms with Crippen LogP contribution < -0.4 is 5.32 Å². The van der Waals surface area contributed by atoms with Crippen molar-refractivity contribution in [3.05, 3.63) is 0 Å². The third-order valence-electron chi connectivity index (χ3n) is 1.73. The molecule has 0 aliphatic heterocycles. The normalized spacial score (nSPS) is 14.9. The summed E-state index contributed by atoms with van der Waals surface area (Å²) in [5.41, 5.74) is 0. The third kappa shape index (κ3) is 3.00. The van der Waals surface area contributed by atoms with Gasteiger partial charge in [0.05, 0.1) is 12.5 Å². The van der Waals surface area contributed by atoms with Crippen LogP contribution in [-0.4, -0.2) is 30.5 Å². The highest BCUT2D eigenvalue weighted by Gasteiger charge is 2.22. The van der Waals surface area contributed by atoms with Gasteiger partial charge in [0.25, 0.3) is 0 Å². The fourth-order valence-electron chi connectivity index (χ4n) is 0.888. The predicted molar refractivity (Wildman–Crippen MR) is 44.5 cm³/mol. The average Bonchev–Trinajstić information content (AvgIpc) is 2.06. The Kier molecular flexibility index (Phi) is 5.28. The zero-order chi connectivity index (χ0) is 9.56. The van der Waals surface area contributed by atoms with Gasteiger partial charge in [-0.2, -0.15) is 0 Å². The highest BCUT2D eigenvalue weighted by molar-refractivity contribution is 5.81. The number of hydrogen-bond donors (Lipinski definition) is 2. The van der Waals surface area contributed by atoms with Crippen LogP contribution in [0.4, 0.5) is 0 Å². The topological polar surface area (TPSA) is 66.4 Å². The number of nitrogens with one attached hydrogen (secondary N) is 1. The molecule has 0 radical (unpaired) electrons. The van der Waals surface area contributed by atoms with E-state index in [4.69, 9.17) is 5.11 Å². The molecule has 0 saturated carbocycles. The minimum Gasteiger partial charge on any atom is -0.396 e. The first kappa shape index (κ1) is 11.1. The molecule has 0 heterocycles. The lowest BCUT2D eigenvalue weighted by atomic mass is 9.95. The smallest absolute Gasteiger partial charge is 0.226 e. The molecule has 0 aliphatic rings. The molecule has 2 N–H and O–H groups in total. The number of rotatable bonds is 5. The molecule has 1 unspecified atom stereocenters. The van der Waals surface area contributed by atoms with E-state index in [2.05, 4.69) is 5.32 Å². The fraction of sp³-hybridized carbons (Fsp3) is 0.750. The lowest BCUT2D eigenvalue weighted by Gasteiger charge is -2.15. The Morgan fingerprint density at radius 2 is 2.25 bits per heavy atom. The van der Waals surface area contributed by atoms with E-state index in [0.29, 0.717) is 12.8 Å². The summed E-state index contributed by atoms with van der Waals surface area (Å²) in [7, 11) is 0. The van der Waals surface area contributed by atoms with Gasteiger partial charge in [-0.25, -0.2) is 0 Å². The van der Waals surface area contributed by atoms with E-state index in [1.54, 1.807) is 13.8 Å². The number of aliphatic hydroxyl groups is 1. The van der Waals surface area contributed by atoms with Crippen molar-refractivity contribution in [2.75, 3.05) is 13.2 Å². The van der Waals surface area contributed by atoms with Gasteiger partial charge in [-0.05, 0) is 6.92 Å². The molecule has 70 valence electrons. The molecule has 0 spiro atoms. The van der Waals surface area contributed by atoms with Crippen molar-refractivity contribution in [1.29, 1.82) is 0 Å². The number of aldehydes is 1. The van der Waals surface area contributed by atoms with Crippen molar-refractivity contribution in [1.82, 2.24) is 5.32 Å². The van der Waals surface area contributed by atoms with Gasteiger partial charge in [0.2, 0.25) is 5.91 Å². The molecular formula is C8H15NO3. The molecule has 0 aliphatic carbocycles. The van der Waals surface area contributed by atoms with Gasteiger partial charge in [0.15, 0.2) is 0 Å². The molecule has 12 heavy (non-hydrogen) atoms. The molecule has 0 fully saturated rings. The Morgan fingerprint density at radius 3 is 2.58 bits per heavy atom. The Labute approximate surface area is 72.0 Å². The average molecular weight is 173 g/mol. The van der Waals surface area contributed by atoms with Crippen molar-refractivity contribution in [2.24, 2.45) is 11.8 Å². The van der Waals surface area contributed by atoms with Crippen LogP contribution in [0.15, 0.2) is 0 Å². The van der Waals surface area contributed by atoms with Gasteiger partial charge in [-0.1, -0.05) is 6.92 Å². The van der Waals surface area contributed by atoms with Gasteiger partial charge in [0.1, 0.15) is 6.29 Å². The first-order chi connectivity index (χ1) is 5.67. The number of carbonyl (C=O) groups is 2. The van der Waals surface area contributed by atoms with Crippen LogP contribution in [-0.2, 0) is 9.59 Å². The van der Waals surface area contributed by atoms with Crippen molar-refractivity contribution < 1.29 is 14.7 Å². The monoisotopic (exact) mass is 173 g/mol. The van der Waals surface area contributed by atoms with Gasteiger partial charge < -0.3 is 15.2 Å². The Morgan fingerprint density at radius 1 is 1.67 bits per heavy atom. The maximum Gasteiger partial charge on any atom is 0.226 e. The molecule has 4 heteroatoms. The summed E-state index contributed by atoms with van der Waals surface area (Å²) in [6.07, 6.45) is 0.677. The van der Waals surface area contributed by atoms with Gasteiger partial charge in [-0.15, -0.1) is 0 Å². The molecule has 0 aromatic heterocycles. The summed E-state index contributed by atoms with van der Waals surface area (Å²) in [6, 6.07) is 0. The Bertz CT molecular complexity index is 158. The van der Waals surface area contributed by atoms with Crippen LogP contribution in [0.2, 0.25) is 0 Å². The van der Waals surface area contributed by atoms with Crippen LogP contribution in [0.1, 0.15) is 13.8 Å². The summed E-state index contributed by atoms with van der Waals surface area (Å²) in [5, 5.41) is 11.4. The van der Waals surface area contributed by atoms with Gasteiger partial charge >= 0.3 is 0 Å². The number of hydrogen-bond acceptors (Lipinski definition) is 3. The molecule has 0 bridgehead atoms. The molecular weight excluding hydrogens is 158 g/mol. The van der Waals surface area contributed by atoms with E-state index in [1.165, 1.54) is 0 Å². The minimum absolute atomic E-state index is 0.264. The molecule has 2 atom stereocenters. The van der Waals surface area contributed by atoms with E-state index >= 15 is 0 Å². The standard InChI is InChI=1S/C8H15NO3/c1-3-9-8(12)7(5-11)6(2)4-10/h4,6-7,11H,3,5H2,1-2H3,(H,9,12)/t6-,7?/m0/s1. The van der Waals surface area contributed by atoms with E-state index in [9.17, 15) is 9.59 Å². The molecule has 0 rings (SSSR count). The fourth-order valence-corrected chi connectivity index (χ4v) is 0.888. The molecule has 0 aromatic rings. The van der Waals surface area contributed by atoms with Crippen LogP contribution in [0.3, 0.4) is 0 Å². The zero-order valence-corrected chi connectivity index (χ0v) is 7.41. The maximum absolute atomic E-state index is 11.1. The van der Waals surface area contributed by atoms with Gasteiger partial charge in [-0.3, -0.25) is 4.79 Å². The van der Waals surface area contributed by atoms with Crippen molar-refractivity contribution in [3.8, 4) is 0 Å². The number of carbonyl (C=O) groups excluding carboxylic acids is 2. The van der Waals surface area contributed by atoms with Crippen molar-refractivity contribution >= 4 is 12.2 Å². The summed E-state index contributed by atoms with van der Waals surface area (Å²) >= 11 is 0. The quantitative estimate of drug-likeness (QED) is 0.554. The van der Waals surface area contributed by atoms with E-state index < -0.39 is 11.8 Å². The number of aliphatic hydroxyl groups excluding tert-OH is 1. The van der Waals surface area contributed by atoms with Crippen LogP contribution in [0, 0.1) is 11.8 Å². The van der Waals surface area contributed by atoms with Crippen LogP contribution in [0.5, 0.6) is 0 Å². The Hall–Kier alpha value is -0.900. The maximum atomic E-state index is 11.1. The molecule has 0 aromatic carbocycles. The molecule has 4 nitrogen and oxygen atoms in total. The van der Waals surface area contributed by atoms with E-state index in [1.807, 2.05) is 0 Å². The molecule has 0 saturated heterocycles. The lowest BCUT2D eigenvalue weighted by Crippen LogP contribution is -2.36. The summed E-state index contributed by atoms with van der Waals surface area (Å²) in [6.45, 7) is 3.63. The SMILES string of the molecule is CCNC(=O)C(CO)[C@@H](C)C=O. The highest BCUT2D eigenvalue weighted by Crippen LogP contribution is 2.07. The van der Waals surface area contributed by atoms with Crippen LogP contribution in [0.25, 0.3) is 0 Å². The Balaban J connectivity index is 4.13. The van der Waals surface area contributed by atoms with Crippen molar-refractivity contribution in [3.63, 3.8) is 0 Å². The van der Waals surface area contributed by atoms with E-state index in [0.717, 1.165) is 0 Å². The van der Waals surface area contributed by atoms with Gasteiger partial charge in [0, 0.05) is 12.5 Å². The van der Waals surface area contributed by atoms with E-state index in [-0.39, 0.29) is 12.5 Å². The van der Waals surface area contributed by atoms with Crippen molar-refractivity contribution in [2.45, 2.75) is 13.8 Å². The summed E-state index contributed by atoms with van der Waals surface area (Å²) in [4.78, 5) is 21.5. The second-order valence-corrected chi connectivity index (χ2v) is 2.68.